The fourth-order valence-electron chi connectivity index (χ4n) is 16.3. The summed E-state index contributed by atoms with van der Waals surface area (Å²) in [6.07, 6.45) is 11.0. The Morgan fingerprint density at radius 3 is 0.992 bits per heavy atom. The van der Waals surface area contributed by atoms with E-state index in [9.17, 15) is 8.42 Å². The van der Waals surface area contributed by atoms with Crippen LogP contribution >= 0.6 is 0 Å². The van der Waals surface area contributed by atoms with E-state index >= 15 is 0 Å². The van der Waals surface area contributed by atoms with Gasteiger partial charge in [-0.1, -0.05) is 302 Å². The molecule has 8 nitrogen and oxygen atoms in total. The van der Waals surface area contributed by atoms with Gasteiger partial charge in [0.25, 0.3) is 0 Å². The van der Waals surface area contributed by atoms with Crippen LogP contribution in [0.25, 0.3) is 101 Å². The van der Waals surface area contributed by atoms with Crippen molar-refractivity contribution >= 4 is 96.9 Å². The average molecular weight is 2250 g/mol. The molecule has 0 atom stereocenters. The van der Waals surface area contributed by atoms with Crippen LogP contribution in [0.3, 0.4) is 0 Å². The van der Waals surface area contributed by atoms with Gasteiger partial charge in [-0.2, -0.15) is 0 Å². The Bertz CT molecular complexity index is 6250. The summed E-state index contributed by atoms with van der Waals surface area (Å²) in [5.41, 5.74) is 19.2. The van der Waals surface area contributed by atoms with E-state index in [0.717, 1.165) is 78.7 Å². The van der Waals surface area contributed by atoms with Crippen molar-refractivity contribution in [3.8, 4) is 101 Å². The molecule has 11 aromatic carbocycles. The molecular weight excluding hydrogens is 2150 g/mol. The Morgan fingerprint density at radius 2 is 0.597 bits per heavy atom. The fourth-order valence-corrected chi connectivity index (χ4v) is 30.6. The van der Waals surface area contributed by atoms with Gasteiger partial charge in [-0.15, -0.1) is 189 Å². The molecule has 3 aliphatic rings. The van der Waals surface area contributed by atoms with Crippen molar-refractivity contribution in [1.29, 1.82) is 0 Å². The zero-order valence-electron chi connectivity index (χ0n) is 71.1. The third-order valence-corrected chi connectivity index (χ3v) is 38.5. The van der Waals surface area contributed by atoms with Crippen molar-refractivity contribution in [2.75, 3.05) is 0 Å². The van der Waals surface area contributed by atoms with E-state index in [1.807, 2.05) is 164 Å². The second kappa shape index (κ2) is 40.5. The van der Waals surface area contributed by atoms with Gasteiger partial charge in [0.15, 0.2) is 9.84 Å². The topological polar surface area (TPSA) is 111 Å². The summed E-state index contributed by atoms with van der Waals surface area (Å²) >= 11 is 0. The summed E-state index contributed by atoms with van der Waals surface area (Å²) in [5.74, 6) is 0. The Hall–Kier alpha value is -10.7. The molecule has 3 radical (unpaired) electrons. The van der Waals surface area contributed by atoms with Crippen LogP contribution in [0.5, 0.6) is 0 Å². The Morgan fingerprint density at radius 1 is 0.266 bits per heavy atom. The van der Waals surface area contributed by atoms with Crippen LogP contribution < -0.4 is 46.7 Å². The number of nitrogens with zero attached hydrogens (tertiary/aromatic N) is 6. The SMILES string of the molecule is C[Si](C)(C)c1cccnc1-c1[c-]cc2c(c1)-c1ccccc1S2(=O)=O.C[Si](C)(C)c1cccnc1-c1[c-]cc2c(c1)-c1ccccc1[Si]2(C)C.C[Si](C)(C)c1cccnc1-c1[c-]cc2c(c1)-c1ccccc1[Si]2(c1ccccc1)c1ccccc1.[Ir].[Ir].[Ir].[c-]1ccccc1-c1ccccn1.[c-]1ccccc1-c1ccccn1.[c-]1ccccc1-c1ccccn1. The number of rotatable bonds is 11. The molecule has 17 aromatic rings. The van der Waals surface area contributed by atoms with E-state index < -0.39 is 50.2 Å². The van der Waals surface area contributed by atoms with E-state index in [1.54, 1.807) is 48.2 Å². The van der Waals surface area contributed by atoms with Crippen LogP contribution in [-0.4, -0.2) is 78.7 Å². The number of sulfone groups is 1. The summed E-state index contributed by atoms with van der Waals surface area (Å²) in [6.45, 7) is 26.0. The summed E-state index contributed by atoms with van der Waals surface area (Å²) < 4.78 is 25.4. The maximum Gasteiger partial charge on any atom is 0.173 e. The molecule has 0 bridgehead atoms. The maximum atomic E-state index is 12.7. The standard InChI is InChI=1S/C32H28NSi2.C22H24NSi2.C20H18NO2SSi.3C11H8N.3Ir/c1-34(2,3)31-19-12-22-33-32(31)24-20-21-30-28(23-24)27-17-10-11-18-29(27)35(30,25-13-6-4-7-14-25)26-15-8-5-9-16-26;1-24(2,3)21-11-8-14-23-22(21)16-12-13-20-18(15-16)17-9-6-7-10-19(17)25(20,4)5;1-25(2,3)19-9-6-12-21-20(19)14-10-11-18-16(13-14)15-7-4-5-8-17(15)24(18,22)23;3*1-2-6-10(7-3-1)11-8-4-5-9-12-11;;;/h4-19,21-23H,1-3H3;6-11,13-15H,1-5H3;4-9,11-13H,1-3H3;3*1-6,8-9H;;;/q6*-1;;;. The van der Waals surface area contributed by atoms with Crippen LogP contribution in [0.1, 0.15) is 0 Å². The van der Waals surface area contributed by atoms with Gasteiger partial charge in [0.2, 0.25) is 0 Å². The van der Waals surface area contributed by atoms with Gasteiger partial charge in [-0.25, -0.2) is 8.42 Å². The van der Waals surface area contributed by atoms with Gasteiger partial charge in [-0.3, -0.25) is 0 Å². The molecule has 623 valence electrons. The molecule has 0 spiro atoms. The Balaban J connectivity index is 0.000000142. The first-order valence-electron chi connectivity index (χ1n) is 40.9. The molecular formula is C107H94Ir3N6O2SSi5-6. The van der Waals surface area contributed by atoms with E-state index in [0.29, 0.717) is 9.79 Å². The van der Waals surface area contributed by atoms with E-state index in [1.165, 1.54) is 63.7 Å². The zero-order chi connectivity index (χ0) is 84.4. The quantitative estimate of drug-likeness (QED) is 0.0930. The minimum atomic E-state index is -3.45. The van der Waals surface area contributed by atoms with Gasteiger partial charge < -0.3 is 29.9 Å². The number of benzene rings is 11. The van der Waals surface area contributed by atoms with E-state index in [2.05, 4.69) is 292 Å². The predicted octanol–water partition coefficient (Wildman–Crippen LogP) is 19.9. The van der Waals surface area contributed by atoms with Crippen molar-refractivity contribution in [2.45, 2.75) is 81.8 Å². The van der Waals surface area contributed by atoms with Crippen molar-refractivity contribution in [2.24, 2.45) is 0 Å². The summed E-state index contributed by atoms with van der Waals surface area (Å²) in [5, 5.41) is 12.8. The molecule has 0 saturated carbocycles. The van der Waals surface area contributed by atoms with Crippen LogP contribution in [-0.2, 0) is 70.2 Å². The van der Waals surface area contributed by atoms with Gasteiger partial charge in [-0.05, 0) is 103 Å². The average Bonchev–Trinajstić information content (AvgIpc) is 1.53. The number of hydrogen-bond acceptors (Lipinski definition) is 8. The molecule has 0 saturated heterocycles. The third-order valence-electron chi connectivity index (χ3n) is 22.1. The predicted molar refractivity (Wildman–Crippen MR) is 516 cm³/mol. The zero-order valence-corrected chi connectivity index (χ0v) is 84.1. The van der Waals surface area contributed by atoms with E-state index in [-0.39, 0.29) is 60.3 Å². The second-order valence-corrected chi connectivity index (χ2v) is 58.7. The van der Waals surface area contributed by atoms with Crippen LogP contribution in [0, 0.1) is 36.4 Å². The first-order chi connectivity index (χ1) is 58.5. The molecule has 0 amide bonds. The van der Waals surface area contributed by atoms with Crippen LogP contribution in [0.4, 0.5) is 0 Å². The molecule has 20 rings (SSSR count). The van der Waals surface area contributed by atoms with Gasteiger partial charge in [0, 0.05) is 97.5 Å². The minimum absolute atomic E-state index is 0. The smallest absolute Gasteiger partial charge is 0.173 e. The molecule has 0 aliphatic carbocycles. The fraction of sp³-hybridized carbons (Fsp3) is 0.103. The second-order valence-electron chi connectivity index (χ2n) is 33.6. The van der Waals surface area contributed by atoms with E-state index in [4.69, 9.17) is 9.97 Å². The molecule has 0 fully saturated rings. The molecule has 0 N–H and O–H groups in total. The molecule has 6 aromatic heterocycles. The molecule has 3 aliphatic heterocycles. The van der Waals surface area contributed by atoms with Gasteiger partial charge in [0.05, 0.1) is 37.2 Å². The monoisotopic (exact) mass is 2250 g/mol. The summed E-state index contributed by atoms with van der Waals surface area (Å²) in [4.78, 5) is 27.6. The Kier molecular flexibility index (Phi) is 30.2. The molecule has 9 heterocycles. The van der Waals surface area contributed by atoms with Crippen molar-refractivity contribution < 1.29 is 68.7 Å². The number of pyridine rings is 6. The van der Waals surface area contributed by atoms with Gasteiger partial charge in [0.1, 0.15) is 8.07 Å². The molecule has 17 heteroatoms. The minimum Gasteiger partial charge on any atom is -0.305 e. The van der Waals surface area contributed by atoms with Crippen LogP contribution in [0.2, 0.25) is 72.0 Å². The number of aromatic nitrogens is 6. The number of fused-ring (bicyclic) bond motifs is 9. The van der Waals surface area contributed by atoms with Crippen molar-refractivity contribution in [3.63, 3.8) is 0 Å². The summed E-state index contributed by atoms with van der Waals surface area (Å²) in [7, 11) is -12.1. The number of hydrogen-bond donors (Lipinski definition) is 0. The molecule has 0 unspecified atom stereocenters. The first-order valence-corrected chi connectivity index (χ1v) is 57.8. The van der Waals surface area contributed by atoms with Gasteiger partial charge >= 0.3 is 0 Å². The third kappa shape index (κ3) is 20.0. The normalized spacial score (nSPS) is 12.7. The van der Waals surface area contributed by atoms with Crippen molar-refractivity contribution in [3.05, 3.63) is 407 Å². The maximum absolute atomic E-state index is 12.7. The van der Waals surface area contributed by atoms with Crippen molar-refractivity contribution in [1.82, 2.24) is 29.9 Å². The molecule has 124 heavy (non-hydrogen) atoms. The summed E-state index contributed by atoms with van der Waals surface area (Å²) in [6, 6.07) is 134. The van der Waals surface area contributed by atoms with Crippen LogP contribution in [0.15, 0.2) is 381 Å². The Labute approximate surface area is 778 Å². The largest absolute Gasteiger partial charge is 0.305 e. The first kappa shape index (κ1) is 92.5.